The highest BCUT2D eigenvalue weighted by Gasteiger charge is 2.08. The number of rotatable bonds is 6. The van der Waals surface area contributed by atoms with E-state index >= 15 is 0 Å². The largest absolute Gasteiger partial charge is 0.489 e. The topological polar surface area (TPSA) is 60.2 Å². The average Bonchev–Trinajstić information content (AvgIpc) is 2.87. The molecular formula is C15H21N3OS. The van der Waals surface area contributed by atoms with Gasteiger partial charge in [0.05, 0.1) is 24.0 Å². The lowest BCUT2D eigenvalue weighted by molar-refractivity contribution is 0.244. The Labute approximate surface area is 124 Å². The number of nitrogens with zero attached hydrogens (tertiary/aromatic N) is 1. The molecule has 0 radical (unpaired) electrons. The van der Waals surface area contributed by atoms with Crippen LogP contribution in [0, 0.1) is 0 Å². The number of hydrogen-bond donors (Lipinski definition) is 2. The Hall–Kier alpha value is -1.75. The van der Waals surface area contributed by atoms with E-state index in [0.717, 1.165) is 22.9 Å². The summed E-state index contributed by atoms with van der Waals surface area (Å²) in [5.41, 5.74) is 7.65. The number of nitrogen functional groups attached to an aromatic ring is 1. The summed E-state index contributed by atoms with van der Waals surface area (Å²) in [4.78, 5) is 5.68. The normalized spacial score (nSPS) is 10.8. The van der Waals surface area contributed by atoms with Gasteiger partial charge in [-0.3, -0.25) is 0 Å². The third-order valence-corrected chi connectivity index (χ3v) is 3.95. The molecule has 0 unspecified atom stereocenters. The molecule has 0 fully saturated rings. The van der Waals surface area contributed by atoms with Gasteiger partial charge < -0.3 is 15.8 Å². The first kappa shape index (κ1) is 14.7. The molecule has 0 amide bonds. The zero-order chi connectivity index (χ0) is 14.5. The molecule has 0 spiro atoms. The molecular weight excluding hydrogens is 270 g/mol. The molecule has 0 saturated carbocycles. The number of ether oxygens (including phenoxy) is 1. The van der Waals surface area contributed by atoms with Gasteiger partial charge in [0.2, 0.25) is 0 Å². The van der Waals surface area contributed by atoms with Crippen LogP contribution in [0.15, 0.2) is 24.4 Å². The highest BCUT2D eigenvalue weighted by molar-refractivity contribution is 7.11. The fraction of sp³-hybridized carbons (Fsp3) is 0.400. The summed E-state index contributed by atoms with van der Waals surface area (Å²) in [5.74, 6) is 0.721. The van der Waals surface area contributed by atoms with Gasteiger partial charge in [0.15, 0.2) is 0 Å². The lowest BCUT2D eigenvalue weighted by atomic mass is 10.2. The minimum absolute atomic E-state index is 0.110. The number of nitrogens with two attached hydrogens (primary N) is 1. The molecule has 0 bridgehead atoms. The molecule has 0 atom stereocenters. The van der Waals surface area contributed by atoms with Crippen molar-refractivity contribution in [2.24, 2.45) is 0 Å². The fourth-order valence-electron chi connectivity index (χ4n) is 1.82. The highest BCUT2D eigenvalue weighted by atomic mass is 32.1. The molecule has 0 aliphatic carbocycles. The number of thiazole rings is 1. The quantitative estimate of drug-likeness (QED) is 0.797. The van der Waals surface area contributed by atoms with E-state index in [2.05, 4.69) is 17.2 Å². The molecule has 0 aliphatic heterocycles. The smallest absolute Gasteiger partial charge is 0.144 e. The Morgan fingerprint density at radius 2 is 2.20 bits per heavy atom. The monoisotopic (exact) mass is 291 g/mol. The first-order valence-corrected chi connectivity index (χ1v) is 7.64. The molecule has 5 heteroatoms. The maximum absolute atomic E-state index is 6.12. The van der Waals surface area contributed by atoms with Crippen LogP contribution in [0.1, 0.15) is 30.7 Å². The van der Waals surface area contributed by atoms with Gasteiger partial charge in [-0.05, 0) is 32.4 Å². The standard InChI is InChI=1S/C15H21N3OS/c1-4-11-8-18-14(20-11)9-17-12-6-5-7-13(15(12)16)19-10(2)3/h5-8,10,17H,4,9,16H2,1-3H3. The Balaban J connectivity index is 2.05. The van der Waals surface area contributed by atoms with Crippen LogP contribution in [-0.4, -0.2) is 11.1 Å². The predicted octanol–water partition coefficient (Wildman–Crippen LogP) is 3.69. The van der Waals surface area contributed by atoms with Crippen molar-refractivity contribution in [2.75, 3.05) is 11.1 Å². The molecule has 0 aliphatic rings. The van der Waals surface area contributed by atoms with E-state index in [0.29, 0.717) is 12.2 Å². The lowest BCUT2D eigenvalue weighted by Crippen LogP contribution is -2.09. The summed E-state index contributed by atoms with van der Waals surface area (Å²) in [7, 11) is 0. The Morgan fingerprint density at radius 3 is 2.85 bits per heavy atom. The SMILES string of the molecule is CCc1cnc(CNc2cccc(OC(C)C)c2N)s1. The summed E-state index contributed by atoms with van der Waals surface area (Å²) in [6.45, 7) is 6.79. The minimum Gasteiger partial charge on any atom is -0.489 e. The zero-order valence-corrected chi connectivity index (χ0v) is 13.0. The van der Waals surface area contributed by atoms with Crippen LogP contribution in [-0.2, 0) is 13.0 Å². The molecule has 108 valence electrons. The van der Waals surface area contributed by atoms with E-state index in [4.69, 9.17) is 10.5 Å². The van der Waals surface area contributed by atoms with E-state index < -0.39 is 0 Å². The van der Waals surface area contributed by atoms with Gasteiger partial charge >= 0.3 is 0 Å². The number of anilines is 2. The Kier molecular flexibility index (Phi) is 4.84. The number of nitrogens with one attached hydrogen (secondary N) is 1. The van der Waals surface area contributed by atoms with Gasteiger partial charge in [0.25, 0.3) is 0 Å². The number of aromatic nitrogens is 1. The number of aryl methyl sites for hydroxylation is 1. The van der Waals surface area contributed by atoms with Crippen LogP contribution < -0.4 is 15.8 Å². The molecule has 0 saturated heterocycles. The van der Waals surface area contributed by atoms with Crippen molar-refractivity contribution in [1.82, 2.24) is 4.98 Å². The number of benzene rings is 1. The molecule has 20 heavy (non-hydrogen) atoms. The van der Waals surface area contributed by atoms with E-state index in [9.17, 15) is 0 Å². The van der Waals surface area contributed by atoms with E-state index in [-0.39, 0.29) is 6.10 Å². The van der Waals surface area contributed by atoms with Crippen LogP contribution in [0.3, 0.4) is 0 Å². The van der Waals surface area contributed by atoms with E-state index in [1.165, 1.54) is 4.88 Å². The third-order valence-electron chi connectivity index (χ3n) is 2.81. The molecule has 1 heterocycles. The fourth-order valence-corrected chi connectivity index (χ4v) is 2.62. The number of para-hydroxylation sites is 1. The van der Waals surface area contributed by atoms with Gasteiger partial charge in [-0.25, -0.2) is 4.98 Å². The first-order valence-electron chi connectivity index (χ1n) is 6.82. The number of hydrogen-bond acceptors (Lipinski definition) is 5. The lowest BCUT2D eigenvalue weighted by Gasteiger charge is -2.15. The van der Waals surface area contributed by atoms with Crippen molar-refractivity contribution in [3.63, 3.8) is 0 Å². The predicted molar refractivity (Wildman–Crippen MR) is 85.4 cm³/mol. The molecule has 1 aromatic heterocycles. The zero-order valence-electron chi connectivity index (χ0n) is 12.1. The van der Waals surface area contributed by atoms with Gasteiger partial charge in [-0.1, -0.05) is 13.0 Å². The van der Waals surface area contributed by atoms with Crippen molar-refractivity contribution < 1.29 is 4.74 Å². The van der Waals surface area contributed by atoms with Crippen LogP contribution >= 0.6 is 11.3 Å². The molecule has 2 aromatic rings. The van der Waals surface area contributed by atoms with E-state index in [1.54, 1.807) is 11.3 Å². The molecule has 1 aromatic carbocycles. The Bertz CT molecular complexity index is 566. The second-order valence-electron chi connectivity index (χ2n) is 4.81. The van der Waals surface area contributed by atoms with Crippen LogP contribution in [0.2, 0.25) is 0 Å². The van der Waals surface area contributed by atoms with Crippen molar-refractivity contribution in [3.05, 3.63) is 34.3 Å². The molecule has 3 N–H and O–H groups in total. The van der Waals surface area contributed by atoms with Crippen LogP contribution in [0.4, 0.5) is 11.4 Å². The maximum Gasteiger partial charge on any atom is 0.144 e. The molecule has 2 rings (SSSR count). The summed E-state index contributed by atoms with van der Waals surface area (Å²) in [6.07, 6.45) is 3.07. The van der Waals surface area contributed by atoms with Gasteiger partial charge in [0, 0.05) is 11.1 Å². The van der Waals surface area contributed by atoms with Crippen molar-refractivity contribution in [2.45, 2.75) is 39.8 Å². The summed E-state index contributed by atoms with van der Waals surface area (Å²) >= 11 is 1.73. The van der Waals surface area contributed by atoms with Crippen LogP contribution in [0.25, 0.3) is 0 Å². The minimum atomic E-state index is 0.110. The Morgan fingerprint density at radius 1 is 1.40 bits per heavy atom. The van der Waals surface area contributed by atoms with Crippen molar-refractivity contribution in [1.29, 1.82) is 0 Å². The highest BCUT2D eigenvalue weighted by Crippen LogP contribution is 2.30. The summed E-state index contributed by atoms with van der Waals surface area (Å²) in [5, 5.41) is 4.39. The van der Waals surface area contributed by atoms with Gasteiger partial charge in [0.1, 0.15) is 10.8 Å². The maximum atomic E-state index is 6.12. The average molecular weight is 291 g/mol. The van der Waals surface area contributed by atoms with Crippen LogP contribution in [0.5, 0.6) is 5.75 Å². The van der Waals surface area contributed by atoms with Crippen molar-refractivity contribution >= 4 is 22.7 Å². The summed E-state index contributed by atoms with van der Waals surface area (Å²) in [6, 6.07) is 5.78. The molecule has 4 nitrogen and oxygen atoms in total. The van der Waals surface area contributed by atoms with Gasteiger partial charge in [-0.15, -0.1) is 11.3 Å². The van der Waals surface area contributed by atoms with E-state index in [1.807, 2.05) is 38.2 Å². The first-order chi connectivity index (χ1) is 9.60. The van der Waals surface area contributed by atoms with Crippen molar-refractivity contribution in [3.8, 4) is 5.75 Å². The third kappa shape index (κ3) is 3.63. The second kappa shape index (κ2) is 6.61. The van der Waals surface area contributed by atoms with Gasteiger partial charge in [-0.2, -0.15) is 0 Å². The second-order valence-corrected chi connectivity index (χ2v) is 6.01. The summed E-state index contributed by atoms with van der Waals surface area (Å²) < 4.78 is 5.68.